The Morgan fingerprint density at radius 2 is 1.86 bits per heavy atom. The first-order valence-corrected chi connectivity index (χ1v) is 9.25. The topological polar surface area (TPSA) is 72.2 Å². The molecule has 0 fully saturated rings. The number of nitrogens with one attached hydrogen (secondary N) is 1. The van der Waals surface area contributed by atoms with Gasteiger partial charge in [0, 0.05) is 11.4 Å². The van der Waals surface area contributed by atoms with Crippen LogP contribution in [0, 0.1) is 5.82 Å². The molecule has 0 saturated carbocycles. The molecule has 0 bridgehead atoms. The van der Waals surface area contributed by atoms with Gasteiger partial charge in [0.25, 0.3) is 10.0 Å². The summed E-state index contributed by atoms with van der Waals surface area (Å²) in [5.74, 6) is -0.802. The van der Waals surface area contributed by atoms with E-state index < -0.39 is 15.8 Å². The second kappa shape index (κ2) is 6.39. The van der Waals surface area contributed by atoms with Crippen molar-refractivity contribution < 1.29 is 12.8 Å². The van der Waals surface area contributed by atoms with E-state index in [9.17, 15) is 12.8 Å². The molecule has 0 aliphatic carbocycles. The van der Waals surface area contributed by atoms with Gasteiger partial charge in [0.15, 0.2) is 5.82 Å². The van der Waals surface area contributed by atoms with Gasteiger partial charge in [-0.15, -0.1) is 11.3 Å². The van der Waals surface area contributed by atoms with Crippen molar-refractivity contribution in [1.82, 2.24) is 0 Å². The van der Waals surface area contributed by atoms with Crippen LogP contribution >= 0.6 is 50.5 Å². The van der Waals surface area contributed by atoms with Crippen LogP contribution in [-0.2, 0) is 16.6 Å². The number of nitrogens with two attached hydrogens (primary N) is 1. The summed E-state index contributed by atoms with van der Waals surface area (Å²) in [5.41, 5.74) is 5.55. The summed E-state index contributed by atoms with van der Waals surface area (Å²) in [7, 11) is -3.86. The highest BCUT2D eigenvalue weighted by molar-refractivity contribution is 9.11. The van der Waals surface area contributed by atoms with E-state index in [1.54, 1.807) is 0 Å². The monoisotopic (exact) mass is 432 g/mol. The van der Waals surface area contributed by atoms with Crippen molar-refractivity contribution in [3.05, 3.63) is 42.7 Å². The molecule has 0 spiro atoms. The Morgan fingerprint density at radius 1 is 1.29 bits per heavy atom. The number of benzene rings is 1. The Hall–Kier alpha value is -0.380. The summed E-state index contributed by atoms with van der Waals surface area (Å²) in [4.78, 5) is 0.752. The van der Waals surface area contributed by atoms with Gasteiger partial charge in [-0.25, -0.2) is 12.8 Å². The number of hydrogen-bond acceptors (Lipinski definition) is 4. The number of thiophene rings is 1. The number of halogens is 4. The van der Waals surface area contributed by atoms with Crippen LogP contribution in [-0.4, -0.2) is 8.42 Å². The predicted molar refractivity (Wildman–Crippen MR) is 87.1 cm³/mol. The molecule has 3 N–H and O–H groups in total. The van der Waals surface area contributed by atoms with Crippen LogP contribution in [0.15, 0.2) is 26.9 Å². The first-order chi connectivity index (χ1) is 9.74. The molecule has 0 aliphatic heterocycles. The molecule has 21 heavy (non-hydrogen) atoms. The summed E-state index contributed by atoms with van der Waals surface area (Å²) in [6.45, 7) is 0.229. The average molecular weight is 434 g/mol. The third-order valence-corrected chi connectivity index (χ3v) is 6.64. The van der Waals surface area contributed by atoms with Crippen LogP contribution in [0.5, 0.6) is 0 Å². The van der Waals surface area contributed by atoms with E-state index >= 15 is 0 Å². The maximum Gasteiger partial charge on any atom is 0.263 e. The highest BCUT2D eigenvalue weighted by Crippen LogP contribution is 2.34. The highest BCUT2D eigenvalue weighted by Gasteiger charge is 2.21. The van der Waals surface area contributed by atoms with Crippen LogP contribution < -0.4 is 10.5 Å². The molecule has 1 aromatic heterocycles. The summed E-state index contributed by atoms with van der Waals surface area (Å²) in [6.07, 6.45) is 0. The number of rotatable bonds is 4. The quantitative estimate of drug-likeness (QED) is 0.709. The molecule has 114 valence electrons. The van der Waals surface area contributed by atoms with Gasteiger partial charge in [0.1, 0.15) is 4.90 Å². The van der Waals surface area contributed by atoms with Crippen LogP contribution in [0.1, 0.15) is 4.88 Å². The third kappa shape index (κ3) is 3.69. The molecule has 0 aliphatic rings. The number of sulfonamides is 1. The van der Waals surface area contributed by atoms with Gasteiger partial charge in [-0.3, -0.25) is 4.72 Å². The van der Waals surface area contributed by atoms with Gasteiger partial charge in [-0.1, -0.05) is 23.2 Å². The first-order valence-electron chi connectivity index (χ1n) is 5.40. The fourth-order valence-corrected chi connectivity index (χ4v) is 5.60. The lowest BCUT2D eigenvalue weighted by Gasteiger charge is -2.08. The maximum atomic E-state index is 13.3. The minimum Gasteiger partial charge on any atom is -0.326 e. The van der Waals surface area contributed by atoms with Gasteiger partial charge >= 0.3 is 0 Å². The molecule has 10 heteroatoms. The minimum atomic E-state index is -3.86. The van der Waals surface area contributed by atoms with E-state index in [2.05, 4.69) is 20.7 Å². The van der Waals surface area contributed by atoms with Crippen LogP contribution in [0.4, 0.5) is 10.1 Å². The van der Waals surface area contributed by atoms with Crippen LogP contribution in [0.3, 0.4) is 0 Å². The lowest BCUT2D eigenvalue weighted by atomic mass is 10.3. The van der Waals surface area contributed by atoms with Crippen molar-refractivity contribution in [3.63, 3.8) is 0 Å². The Labute approximate surface area is 143 Å². The Kier molecular flexibility index (Phi) is 5.17. The second-order valence-electron chi connectivity index (χ2n) is 3.91. The zero-order valence-electron chi connectivity index (χ0n) is 10.2. The molecule has 0 unspecified atom stereocenters. The number of hydrogen-bond donors (Lipinski definition) is 2. The molecule has 0 amide bonds. The Morgan fingerprint density at radius 3 is 2.33 bits per heavy atom. The Bertz CT molecular complexity index is 773. The normalized spacial score (nSPS) is 11.7. The van der Waals surface area contributed by atoms with Gasteiger partial charge < -0.3 is 5.73 Å². The maximum absolute atomic E-state index is 13.3. The second-order valence-corrected chi connectivity index (χ2v) is 8.83. The van der Waals surface area contributed by atoms with Crippen molar-refractivity contribution in [1.29, 1.82) is 0 Å². The zero-order valence-corrected chi connectivity index (χ0v) is 14.9. The van der Waals surface area contributed by atoms with E-state index in [-0.39, 0.29) is 27.2 Å². The zero-order chi connectivity index (χ0) is 15.8. The fourth-order valence-electron chi connectivity index (χ4n) is 1.51. The summed E-state index contributed by atoms with van der Waals surface area (Å²) >= 11 is 15.7. The molecular formula is C11H8BrCl2FN2O2S2. The summed E-state index contributed by atoms with van der Waals surface area (Å²) < 4.78 is 40.6. The van der Waals surface area contributed by atoms with Crippen molar-refractivity contribution >= 4 is 66.2 Å². The summed E-state index contributed by atoms with van der Waals surface area (Å²) in [5, 5.41) is -0.542. The van der Waals surface area contributed by atoms with Crippen LogP contribution in [0.25, 0.3) is 0 Å². The van der Waals surface area contributed by atoms with Crippen LogP contribution in [0.2, 0.25) is 10.0 Å². The third-order valence-electron chi connectivity index (χ3n) is 2.43. The Balaban J connectivity index is 2.39. The van der Waals surface area contributed by atoms with Gasteiger partial charge in [0.05, 0.1) is 19.5 Å². The fraction of sp³-hybridized carbons (Fsp3) is 0.0909. The average Bonchev–Trinajstić information content (AvgIpc) is 2.77. The van der Waals surface area contributed by atoms with E-state index in [0.717, 1.165) is 12.1 Å². The molecule has 0 saturated heterocycles. The van der Waals surface area contributed by atoms with Gasteiger partial charge in [0.2, 0.25) is 0 Å². The smallest absolute Gasteiger partial charge is 0.263 e. The largest absolute Gasteiger partial charge is 0.326 e. The minimum absolute atomic E-state index is 0.0459. The SMILES string of the molecule is NCc1cc(S(=O)(=O)Nc2cc(Cl)c(F)c(Cl)c2)c(Br)s1. The van der Waals surface area contributed by atoms with Crippen molar-refractivity contribution in [2.75, 3.05) is 4.72 Å². The molecular weight excluding hydrogens is 426 g/mol. The first kappa shape index (κ1) is 17.0. The lowest BCUT2D eigenvalue weighted by Crippen LogP contribution is -2.13. The van der Waals surface area contributed by atoms with E-state index in [1.165, 1.54) is 17.4 Å². The van der Waals surface area contributed by atoms with Gasteiger partial charge in [-0.2, -0.15) is 0 Å². The molecule has 2 rings (SSSR count). The van der Waals surface area contributed by atoms with E-state index in [4.69, 9.17) is 28.9 Å². The van der Waals surface area contributed by atoms with Crippen molar-refractivity contribution in [2.24, 2.45) is 5.73 Å². The lowest BCUT2D eigenvalue weighted by molar-refractivity contribution is 0.601. The number of anilines is 1. The van der Waals surface area contributed by atoms with Crippen molar-refractivity contribution in [3.8, 4) is 0 Å². The summed E-state index contributed by atoms with van der Waals surface area (Å²) in [6, 6.07) is 3.75. The molecule has 4 nitrogen and oxygen atoms in total. The molecule has 1 aromatic carbocycles. The van der Waals surface area contributed by atoms with Crippen molar-refractivity contribution in [2.45, 2.75) is 11.4 Å². The van der Waals surface area contributed by atoms with E-state index in [0.29, 0.717) is 8.66 Å². The molecule has 1 heterocycles. The highest BCUT2D eigenvalue weighted by atomic mass is 79.9. The molecule has 0 radical (unpaired) electrons. The van der Waals surface area contributed by atoms with E-state index in [1.807, 2.05) is 0 Å². The molecule has 2 aromatic rings. The standard InChI is InChI=1S/C11H8BrCl2FN2O2S2/c12-11-9(3-6(4-16)20-11)21(18,19)17-5-1-7(13)10(15)8(14)2-5/h1-3,17H,4,16H2. The van der Waals surface area contributed by atoms with Gasteiger partial charge in [-0.05, 0) is 34.1 Å². The molecule has 0 atom stereocenters. The predicted octanol–water partition coefficient (Wildman–Crippen LogP) is 4.22.